The van der Waals surface area contributed by atoms with Crippen molar-refractivity contribution in [2.24, 2.45) is 0 Å². The van der Waals surface area contributed by atoms with Crippen LogP contribution < -0.4 is 10.6 Å². The van der Waals surface area contributed by atoms with Gasteiger partial charge in [0, 0.05) is 25.0 Å². The van der Waals surface area contributed by atoms with E-state index in [0.29, 0.717) is 31.1 Å². The number of aromatic nitrogens is 2. The number of amides is 2. The molecule has 0 bridgehead atoms. The molecule has 3 N–H and O–H groups in total. The number of carbonyl (C=O) groups is 2. The van der Waals surface area contributed by atoms with Gasteiger partial charge in [0.1, 0.15) is 0 Å². The Morgan fingerprint density at radius 1 is 1.16 bits per heavy atom. The third-order valence-electron chi connectivity index (χ3n) is 4.67. The molecule has 2 aromatic rings. The van der Waals surface area contributed by atoms with E-state index < -0.39 is 17.9 Å². The van der Waals surface area contributed by atoms with E-state index in [0.717, 1.165) is 18.4 Å². The van der Waals surface area contributed by atoms with E-state index in [-0.39, 0.29) is 6.54 Å². The molecule has 2 amide bonds. The Labute approximate surface area is 189 Å². The molecule has 176 valence electrons. The SMILES string of the molecule is CCCCCCOCc1cccc(NC(=O)C(=O)Nc2cnn(CC(O)CN(C)C)c2)c1. The van der Waals surface area contributed by atoms with Gasteiger partial charge in [0.25, 0.3) is 0 Å². The molecule has 2 rings (SSSR count). The number of rotatable bonds is 13. The van der Waals surface area contributed by atoms with Crippen molar-refractivity contribution in [3.05, 3.63) is 42.2 Å². The molecule has 1 heterocycles. The summed E-state index contributed by atoms with van der Waals surface area (Å²) >= 11 is 0. The number of likely N-dealkylation sites (N-methyl/N-ethyl adjacent to an activating group) is 1. The maximum Gasteiger partial charge on any atom is 0.314 e. The molecule has 9 nitrogen and oxygen atoms in total. The van der Waals surface area contributed by atoms with Crippen molar-refractivity contribution < 1.29 is 19.4 Å². The maximum atomic E-state index is 12.3. The topological polar surface area (TPSA) is 109 Å². The Balaban J connectivity index is 1.79. The van der Waals surface area contributed by atoms with Gasteiger partial charge in [-0.1, -0.05) is 38.3 Å². The summed E-state index contributed by atoms with van der Waals surface area (Å²) in [7, 11) is 3.74. The van der Waals surface area contributed by atoms with E-state index in [9.17, 15) is 14.7 Å². The molecule has 0 saturated carbocycles. The minimum atomic E-state index is -0.795. The summed E-state index contributed by atoms with van der Waals surface area (Å²) in [5.41, 5.74) is 1.84. The lowest BCUT2D eigenvalue weighted by molar-refractivity contribution is -0.133. The number of aliphatic hydroxyl groups is 1. The average molecular weight is 446 g/mol. The van der Waals surface area contributed by atoms with Crippen LogP contribution in [0.2, 0.25) is 0 Å². The predicted octanol–water partition coefficient (Wildman–Crippen LogP) is 2.48. The molecule has 0 aliphatic rings. The minimum absolute atomic E-state index is 0.285. The molecule has 1 atom stereocenters. The van der Waals surface area contributed by atoms with E-state index >= 15 is 0 Å². The zero-order valence-corrected chi connectivity index (χ0v) is 19.2. The first kappa shape index (κ1) is 25.5. The molecular weight excluding hydrogens is 410 g/mol. The van der Waals surface area contributed by atoms with E-state index in [4.69, 9.17) is 4.74 Å². The highest BCUT2D eigenvalue weighted by molar-refractivity contribution is 6.43. The van der Waals surface area contributed by atoms with Crippen molar-refractivity contribution in [3.8, 4) is 0 Å². The van der Waals surface area contributed by atoms with Crippen LogP contribution in [0.4, 0.5) is 11.4 Å². The van der Waals surface area contributed by atoms with Gasteiger partial charge in [-0.05, 0) is 38.2 Å². The van der Waals surface area contributed by atoms with Gasteiger partial charge in [0.05, 0.1) is 31.1 Å². The molecular formula is C23H35N5O4. The van der Waals surface area contributed by atoms with Gasteiger partial charge in [-0.3, -0.25) is 14.3 Å². The summed E-state index contributed by atoms with van der Waals surface area (Å²) in [4.78, 5) is 26.4. The number of carbonyl (C=O) groups excluding carboxylic acids is 2. The lowest BCUT2D eigenvalue weighted by Gasteiger charge is -2.15. The number of hydrogen-bond donors (Lipinski definition) is 3. The smallest absolute Gasteiger partial charge is 0.314 e. The zero-order valence-electron chi connectivity index (χ0n) is 19.2. The number of ether oxygens (including phenoxy) is 1. The molecule has 0 spiro atoms. The average Bonchev–Trinajstić information content (AvgIpc) is 3.16. The molecule has 0 saturated heterocycles. The van der Waals surface area contributed by atoms with Crippen LogP contribution in [0, 0.1) is 0 Å². The highest BCUT2D eigenvalue weighted by Gasteiger charge is 2.16. The summed E-state index contributed by atoms with van der Waals surface area (Å²) < 4.78 is 7.20. The van der Waals surface area contributed by atoms with Crippen LogP contribution in [0.3, 0.4) is 0 Å². The fraction of sp³-hybridized carbons (Fsp3) is 0.522. The van der Waals surface area contributed by atoms with Gasteiger partial charge >= 0.3 is 11.8 Å². The van der Waals surface area contributed by atoms with Gasteiger partial charge in [-0.15, -0.1) is 0 Å². The number of nitrogens with one attached hydrogen (secondary N) is 2. The van der Waals surface area contributed by atoms with Crippen molar-refractivity contribution in [3.63, 3.8) is 0 Å². The fourth-order valence-electron chi connectivity index (χ4n) is 3.16. The lowest BCUT2D eigenvalue weighted by Crippen LogP contribution is -2.30. The number of hydrogen-bond acceptors (Lipinski definition) is 6. The summed E-state index contributed by atoms with van der Waals surface area (Å²) in [6.07, 6.45) is 7.02. The largest absolute Gasteiger partial charge is 0.390 e. The van der Waals surface area contributed by atoms with Crippen LogP contribution in [0.5, 0.6) is 0 Å². The molecule has 0 fully saturated rings. The molecule has 1 aromatic heterocycles. The quantitative estimate of drug-likeness (QED) is 0.323. The highest BCUT2D eigenvalue weighted by Crippen LogP contribution is 2.13. The summed E-state index contributed by atoms with van der Waals surface area (Å²) in [6.45, 7) is 4.12. The Hall–Kier alpha value is -2.75. The van der Waals surface area contributed by atoms with Gasteiger partial charge in [0.15, 0.2) is 0 Å². The Morgan fingerprint density at radius 3 is 2.62 bits per heavy atom. The van der Waals surface area contributed by atoms with Crippen molar-refractivity contribution >= 4 is 23.2 Å². The number of aliphatic hydroxyl groups excluding tert-OH is 1. The highest BCUT2D eigenvalue weighted by atomic mass is 16.5. The molecule has 0 aliphatic heterocycles. The van der Waals surface area contributed by atoms with Crippen molar-refractivity contribution in [1.29, 1.82) is 0 Å². The second-order valence-electron chi connectivity index (χ2n) is 8.09. The Kier molecular flexibility index (Phi) is 10.9. The van der Waals surface area contributed by atoms with Gasteiger partial charge in [0.2, 0.25) is 0 Å². The summed E-state index contributed by atoms with van der Waals surface area (Å²) in [6, 6.07) is 7.24. The second-order valence-corrected chi connectivity index (χ2v) is 8.09. The van der Waals surface area contributed by atoms with E-state index in [1.54, 1.807) is 18.3 Å². The third-order valence-corrected chi connectivity index (χ3v) is 4.67. The van der Waals surface area contributed by atoms with E-state index in [1.807, 2.05) is 31.1 Å². The van der Waals surface area contributed by atoms with E-state index in [1.165, 1.54) is 23.7 Å². The Morgan fingerprint density at radius 2 is 1.91 bits per heavy atom. The third kappa shape index (κ3) is 9.59. The van der Waals surface area contributed by atoms with Crippen LogP contribution in [0.1, 0.15) is 38.2 Å². The Bertz CT molecular complexity index is 852. The van der Waals surface area contributed by atoms with Crippen LogP contribution in [0.15, 0.2) is 36.7 Å². The van der Waals surface area contributed by atoms with Gasteiger partial charge in [-0.25, -0.2) is 0 Å². The standard InChI is InChI=1S/C23H35N5O4/c1-4-5-6-7-11-32-17-18-9-8-10-19(12-18)25-22(30)23(31)26-20-13-24-28(14-20)16-21(29)15-27(2)3/h8-10,12-14,21,29H,4-7,11,15-17H2,1-3H3,(H,25,30)(H,26,31). The molecule has 0 aliphatic carbocycles. The first-order chi connectivity index (χ1) is 15.4. The number of nitrogens with zero attached hydrogens (tertiary/aromatic N) is 3. The molecule has 0 radical (unpaired) electrons. The molecule has 1 aromatic carbocycles. The van der Waals surface area contributed by atoms with Gasteiger partial charge in [-0.2, -0.15) is 5.10 Å². The van der Waals surface area contributed by atoms with Crippen molar-refractivity contribution in [2.45, 2.75) is 51.9 Å². The molecule has 1 unspecified atom stereocenters. The summed E-state index contributed by atoms with van der Waals surface area (Å²) in [5.74, 6) is -1.57. The van der Waals surface area contributed by atoms with Crippen LogP contribution in [-0.4, -0.2) is 65.0 Å². The number of unbranched alkanes of at least 4 members (excludes halogenated alkanes) is 3. The van der Waals surface area contributed by atoms with E-state index in [2.05, 4.69) is 22.7 Å². The second kappa shape index (κ2) is 13.6. The monoisotopic (exact) mass is 445 g/mol. The molecule has 9 heteroatoms. The van der Waals surface area contributed by atoms with Crippen LogP contribution in [0.25, 0.3) is 0 Å². The van der Waals surface area contributed by atoms with Crippen molar-refractivity contribution in [1.82, 2.24) is 14.7 Å². The molecule has 32 heavy (non-hydrogen) atoms. The first-order valence-corrected chi connectivity index (χ1v) is 11.0. The number of anilines is 2. The van der Waals surface area contributed by atoms with Crippen LogP contribution >= 0.6 is 0 Å². The predicted molar refractivity (Wildman–Crippen MR) is 124 cm³/mol. The fourth-order valence-corrected chi connectivity index (χ4v) is 3.16. The zero-order chi connectivity index (χ0) is 23.3. The van der Waals surface area contributed by atoms with Crippen molar-refractivity contribution in [2.75, 3.05) is 37.9 Å². The maximum absolute atomic E-state index is 12.3. The van der Waals surface area contributed by atoms with Gasteiger partial charge < -0.3 is 25.4 Å². The van der Waals surface area contributed by atoms with Crippen LogP contribution in [-0.2, 0) is 27.5 Å². The summed E-state index contributed by atoms with van der Waals surface area (Å²) in [5, 5.41) is 19.2. The minimum Gasteiger partial charge on any atom is -0.390 e. The lowest BCUT2D eigenvalue weighted by atomic mass is 10.2. The normalized spacial score (nSPS) is 12.0. The first-order valence-electron chi connectivity index (χ1n) is 11.0. The number of benzene rings is 1.